The molecule has 224 valence electrons. The number of carbonyl (C=O) groups is 2. The number of allylic oxidation sites excluding steroid dienone is 2. The molecule has 0 heterocycles. The molecular weight excluding hydrogens is 524 g/mol. The van der Waals surface area contributed by atoms with Crippen LogP contribution in [0.3, 0.4) is 0 Å². The van der Waals surface area contributed by atoms with Gasteiger partial charge in [-0.1, -0.05) is 75.1 Å². The molecule has 0 aliphatic rings. The number of esters is 2. The largest absolute Gasteiger partial charge is 0.494 e. The van der Waals surface area contributed by atoms with E-state index in [0.717, 1.165) is 61.2 Å². The zero-order chi connectivity index (χ0) is 30.0. The Morgan fingerprint density at radius 2 is 1.00 bits per heavy atom. The van der Waals surface area contributed by atoms with Crippen molar-refractivity contribution in [3.8, 4) is 16.9 Å². The number of hydrogen-bond acceptors (Lipinski definition) is 5. The smallest absolute Gasteiger partial charge is 0.338 e. The highest BCUT2D eigenvalue weighted by atomic mass is 16.5. The minimum Gasteiger partial charge on any atom is -0.494 e. The van der Waals surface area contributed by atoms with Gasteiger partial charge in [-0.3, -0.25) is 0 Å². The van der Waals surface area contributed by atoms with Crippen LogP contribution < -0.4 is 4.74 Å². The molecule has 3 rings (SSSR count). The summed E-state index contributed by atoms with van der Waals surface area (Å²) in [6.45, 7) is 7.77. The van der Waals surface area contributed by atoms with E-state index < -0.39 is 0 Å². The molecule has 0 aliphatic carbocycles. The van der Waals surface area contributed by atoms with Crippen molar-refractivity contribution < 1.29 is 23.8 Å². The Balaban J connectivity index is 1.27. The molecule has 42 heavy (non-hydrogen) atoms. The second-order valence-electron chi connectivity index (χ2n) is 10.6. The molecule has 0 aliphatic heterocycles. The van der Waals surface area contributed by atoms with Gasteiger partial charge in [0, 0.05) is 0 Å². The Hall–Kier alpha value is -3.86. The van der Waals surface area contributed by atoms with Gasteiger partial charge in [0.15, 0.2) is 0 Å². The van der Waals surface area contributed by atoms with Crippen molar-refractivity contribution in [1.29, 1.82) is 0 Å². The normalized spacial score (nSPS) is 11.3. The van der Waals surface area contributed by atoms with Crippen LogP contribution in [0.25, 0.3) is 16.7 Å². The number of benzene rings is 3. The topological polar surface area (TPSA) is 61.8 Å². The Morgan fingerprint density at radius 1 is 0.571 bits per heavy atom. The molecule has 0 amide bonds. The summed E-state index contributed by atoms with van der Waals surface area (Å²) in [5, 5.41) is 0. The summed E-state index contributed by atoms with van der Waals surface area (Å²) in [7, 11) is 0. The minimum atomic E-state index is -0.311. The second-order valence-corrected chi connectivity index (χ2v) is 10.6. The number of ether oxygens (including phenoxy) is 3. The lowest BCUT2D eigenvalue weighted by Gasteiger charge is -2.09. The lowest BCUT2D eigenvalue weighted by atomic mass is 10.0. The molecule has 0 unspecified atom stereocenters. The van der Waals surface area contributed by atoms with E-state index in [1.165, 1.54) is 31.3 Å². The Labute approximate surface area is 251 Å². The van der Waals surface area contributed by atoms with Crippen LogP contribution in [0.5, 0.6) is 5.75 Å². The fraction of sp³-hybridized carbons (Fsp3) is 0.405. The first kappa shape index (κ1) is 32.7. The SMILES string of the molecule is CC=C(C)c1ccc(C(=O)OCCCCCCOC(=O)c2ccc(-c3ccc(OCCCCCCC)cc3)cc2)cc1. The van der Waals surface area contributed by atoms with Gasteiger partial charge in [-0.2, -0.15) is 0 Å². The minimum absolute atomic E-state index is 0.297. The van der Waals surface area contributed by atoms with Crippen LogP contribution in [-0.2, 0) is 9.47 Å². The first-order chi connectivity index (χ1) is 20.5. The molecule has 5 heteroatoms. The third-order valence-corrected chi connectivity index (χ3v) is 7.34. The van der Waals surface area contributed by atoms with E-state index >= 15 is 0 Å². The van der Waals surface area contributed by atoms with Crippen molar-refractivity contribution in [2.45, 2.75) is 78.6 Å². The van der Waals surface area contributed by atoms with Gasteiger partial charge in [-0.15, -0.1) is 0 Å². The van der Waals surface area contributed by atoms with Crippen LogP contribution >= 0.6 is 0 Å². The van der Waals surface area contributed by atoms with E-state index in [-0.39, 0.29) is 11.9 Å². The molecular formula is C37H46O5. The monoisotopic (exact) mass is 570 g/mol. The van der Waals surface area contributed by atoms with E-state index in [1.54, 1.807) is 12.1 Å². The highest BCUT2D eigenvalue weighted by molar-refractivity contribution is 5.90. The Kier molecular flexibility index (Phi) is 14.4. The molecule has 0 aromatic heterocycles. The first-order valence-corrected chi connectivity index (χ1v) is 15.4. The van der Waals surface area contributed by atoms with Crippen molar-refractivity contribution >= 4 is 17.5 Å². The van der Waals surface area contributed by atoms with Crippen LogP contribution in [0.2, 0.25) is 0 Å². The lowest BCUT2D eigenvalue weighted by molar-refractivity contribution is 0.0473. The number of rotatable bonds is 18. The van der Waals surface area contributed by atoms with Gasteiger partial charge in [0.1, 0.15) is 5.75 Å². The summed E-state index contributed by atoms with van der Waals surface area (Å²) in [4.78, 5) is 24.7. The van der Waals surface area contributed by atoms with Crippen LogP contribution in [0.1, 0.15) is 105 Å². The first-order valence-electron chi connectivity index (χ1n) is 15.4. The molecule has 0 spiro atoms. The lowest BCUT2D eigenvalue weighted by Crippen LogP contribution is -2.07. The highest BCUT2D eigenvalue weighted by Gasteiger charge is 2.09. The number of hydrogen-bond donors (Lipinski definition) is 0. The van der Waals surface area contributed by atoms with Gasteiger partial charge in [0.05, 0.1) is 30.9 Å². The molecule has 3 aromatic rings. The van der Waals surface area contributed by atoms with Crippen molar-refractivity contribution in [3.05, 3.63) is 95.6 Å². The van der Waals surface area contributed by atoms with Crippen molar-refractivity contribution in [2.75, 3.05) is 19.8 Å². The van der Waals surface area contributed by atoms with E-state index in [1.807, 2.05) is 80.6 Å². The summed E-state index contributed by atoms with van der Waals surface area (Å²) >= 11 is 0. The Bertz CT molecular complexity index is 1240. The fourth-order valence-corrected chi connectivity index (χ4v) is 4.53. The van der Waals surface area contributed by atoms with E-state index in [4.69, 9.17) is 14.2 Å². The molecule has 5 nitrogen and oxygen atoms in total. The Morgan fingerprint density at radius 3 is 1.50 bits per heavy atom. The summed E-state index contributed by atoms with van der Waals surface area (Å²) in [6.07, 6.45) is 11.5. The van der Waals surface area contributed by atoms with Crippen LogP contribution in [0.15, 0.2) is 78.9 Å². The van der Waals surface area contributed by atoms with Gasteiger partial charge < -0.3 is 14.2 Å². The summed E-state index contributed by atoms with van der Waals surface area (Å²) in [5.74, 6) is 0.277. The maximum absolute atomic E-state index is 12.4. The average Bonchev–Trinajstić information content (AvgIpc) is 3.03. The highest BCUT2D eigenvalue weighted by Crippen LogP contribution is 2.23. The van der Waals surface area contributed by atoms with E-state index in [0.29, 0.717) is 24.3 Å². The fourth-order valence-electron chi connectivity index (χ4n) is 4.53. The third-order valence-electron chi connectivity index (χ3n) is 7.34. The maximum atomic E-state index is 12.4. The van der Waals surface area contributed by atoms with Gasteiger partial charge in [-0.05, 0) is 105 Å². The third kappa shape index (κ3) is 11.2. The molecule has 0 saturated carbocycles. The van der Waals surface area contributed by atoms with Crippen molar-refractivity contribution in [3.63, 3.8) is 0 Å². The van der Waals surface area contributed by atoms with Crippen molar-refractivity contribution in [1.82, 2.24) is 0 Å². The standard InChI is InChI=1S/C37H46O5/c1-4-6-7-8-11-26-40-35-24-22-32(23-25-35)31-16-20-34(21-17-31)37(39)42-28-13-10-9-12-27-41-36(38)33-18-14-30(15-19-33)29(3)5-2/h5,14-25H,4,6-13,26-28H2,1-3H3. The molecule has 0 N–H and O–H groups in total. The molecule has 0 bridgehead atoms. The predicted molar refractivity (Wildman–Crippen MR) is 171 cm³/mol. The molecule has 0 atom stereocenters. The summed E-state index contributed by atoms with van der Waals surface area (Å²) in [6, 6.07) is 23.1. The molecule has 3 aromatic carbocycles. The molecule has 0 saturated heterocycles. The molecule has 0 fully saturated rings. The maximum Gasteiger partial charge on any atom is 0.338 e. The number of unbranched alkanes of at least 4 members (excludes halogenated alkanes) is 7. The number of carbonyl (C=O) groups excluding carboxylic acids is 2. The average molecular weight is 571 g/mol. The zero-order valence-corrected chi connectivity index (χ0v) is 25.5. The van der Waals surface area contributed by atoms with E-state index in [9.17, 15) is 9.59 Å². The van der Waals surface area contributed by atoms with Gasteiger partial charge >= 0.3 is 11.9 Å². The second kappa shape index (κ2) is 18.5. The quantitative estimate of drug-likeness (QED) is 0.113. The molecule has 0 radical (unpaired) electrons. The van der Waals surface area contributed by atoms with Gasteiger partial charge in [-0.25, -0.2) is 9.59 Å². The van der Waals surface area contributed by atoms with E-state index in [2.05, 4.69) is 6.92 Å². The van der Waals surface area contributed by atoms with Crippen LogP contribution in [0, 0.1) is 0 Å². The van der Waals surface area contributed by atoms with Crippen LogP contribution in [-0.4, -0.2) is 31.8 Å². The van der Waals surface area contributed by atoms with Crippen molar-refractivity contribution in [2.24, 2.45) is 0 Å². The summed E-state index contributed by atoms with van der Waals surface area (Å²) in [5.41, 5.74) is 5.50. The van der Waals surface area contributed by atoms with Gasteiger partial charge in [0.2, 0.25) is 0 Å². The predicted octanol–water partition coefficient (Wildman–Crippen LogP) is 9.70. The summed E-state index contributed by atoms with van der Waals surface area (Å²) < 4.78 is 16.7. The zero-order valence-electron chi connectivity index (χ0n) is 25.5. The van der Waals surface area contributed by atoms with Crippen LogP contribution in [0.4, 0.5) is 0 Å². The van der Waals surface area contributed by atoms with Gasteiger partial charge in [0.25, 0.3) is 0 Å².